The average Bonchev–Trinajstić information content (AvgIpc) is 2.57. The van der Waals surface area contributed by atoms with Crippen LogP contribution in [0.5, 0.6) is 0 Å². The number of halogens is 3. The molecule has 0 heterocycles. The van der Waals surface area contributed by atoms with Crippen LogP contribution >= 0.6 is 35.6 Å². The van der Waals surface area contributed by atoms with Crippen LogP contribution in [0, 0.1) is 5.92 Å². The molecular formula is C18H21Cl3N2O. The first-order valence-corrected chi connectivity index (χ1v) is 8.15. The molecule has 2 aromatic rings. The van der Waals surface area contributed by atoms with Gasteiger partial charge in [0.2, 0.25) is 5.91 Å². The molecule has 2 aromatic carbocycles. The fourth-order valence-electron chi connectivity index (χ4n) is 2.47. The molecule has 24 heavy (non-hydrogen) atoms. The Morgan fingerprint density at radius 3 is 2.38 bits per heavy atom. The van der Waals surface area contributed by atoms with E-state index in [0.29, 0.717) is 16.6 Å². The van der Waals surface area contributed by atoms with Crippen molar-refractivity contribution in [3.8, 4) is 0 Å². The maximum atomic E-state index is 12.6. The van der Waals surface area contributed by atoms with Crippen LogP contribution in [-0.4, -0.2) is 17.9 Å². The molecule has 2 unspecified atom stereocenters. The highest BCUT2D eigenvalue weighted by Crippen LogP contribution is 2.27. The summed E-state index contributed by atoms with van der Waals surface area (Å²) in [4.78, 5) is 14.3. The molecule has 0 aliphatic carbocycles. The number of nitrogens with zero attached hydrogens (tertiary/aromatic N) is 1. The SMILES string of the molecule is CC(C(=O)N(C)Cc1cccc(Cl)c1Cl)C(N)c1ccccc1.Cl. The quantitative estimate of drug-likeness (QED) is 0.807. The first-order chi connectivity index (χ1) is 10.9. The molecule has 130 valence electrons. The summed E-state index contributed by atoms with van der Waals surface area (Å²) in [5.41, 5.74) is 7.99. The summed E-state index contributed by atoms with van der Waals surface area (Å²) in [5.74, 6) is -0.363. The Kier molecular flexibility index (Phi) is 8.04. The van der Waals surface area contributed by atoms with Crippen LogP contribution in [-0.2, 0) is 11.3 Å². The van der Waals surface area contributed by atoms with E-state index >= 15 is 0 Å². The molecule has 0 bridgehead atoms. The highest BCUT2D eigenvalue weighted by atomic mass is 35.5. The molecule has 0 fully saturated rings. The van der Waals surface area contributed by atoms with Gasteiger partial charge in [0, 0.05) is 19.6 Å². The second-order valence-electron chi connectivity index (χ2n) is 5.63. The third kappa shape index (κ3) is 4.87. The minimum absolute atomic E-state index is 0. The number of carbonyl (C=O) groups excluding carboxylic acids is 1. The first-order valence-electron chi connectivity index (χ1n) is 7.40. The topological polar surface area (TPSA) is 46.3 Å². The smallest absolute Gasteiger partial charge is 0.227 e. The van der Waals surface area contributed by atoms with Gasteiger partial charge >= 0.3 is 0 Å². The van der Waals surface area contributed by atoms with Crippen LogP contribution in [0.2, 0.25) is 10.0 Å². The number of amides is 1. The second-order valence-corrected chi connectivity index (χ2v) is 6.42. The van der Waals surface area contributed by atoms with Crippen molar-refractivity contribution >= 4 is 41.5 Å². The maximum absolute atomic E-state index is 12.6. The number of hydrogen-bond acceptors (Lipinski definition) is 2. The monoisotopic (exact) mass is 386 g/mol. The van der Waals surface area contributed by atoms with E-state index in [0.717, 1.165) is 11.1 Å². The van der Waals surface area contributed by atoms with E-state index in [1.54, 1.807) is 18.0 Å². The largest absolute Gasteiger partial charge is 0.341 e. The van der Waals surface area contributed by atoms with Gasteiger partial charge in [0.15, 0.2) is 0 Å². The lowest BCUT2D eigenvalue weighted by Gasteiger charge is -2.26. The van der Waals surface area contributed by atoms with Gasteiger partial charge in [-0.15, -0.1) is 12.4 Å². The lowest BCUT2D eigenvalue weighted by atomic mass is 9.94. The Labute approximate surface area is 159 Å². The zero-order valence-electron chi connectivity index (χ0n) is 13.6. The lowest BCUT2D eigenvalue weighted by molar-refractivity contribution is -0.134. The third-order valence-electron chi connectivity index (χ3n) is 3.93. The minimum atomic E-state index is -0.346. The van der Waals surface area contributed by atoms with Crippen LogP contribution in [0.25, 0.3) is 0 Å². The van der Waals surface area contributed by atoms with Gasteiger partial charge in [-0.05, 0) is 17.2 Å². The van der Waals surface area contributed by atoms with Crippen molar-refractivity contribution in [2.45, 2.75) is 19.5 Å². The van der Waals surface area contributed by atoms with Crippen molar-refractivity contribution in [2.75, 3.05) is 7.05 Å². The summed E-state index contributed by atoms with van der Waals surface area (Å²) < 4.78 is 0. The molecule has 0 radical (unpaired) electrons. The fourth-order valence-corrected chi connectivity index (χ4v) is 2.85. The zero-order chi connectivity index (χ0) is 17.0. The van der Waals surface area contributed by atoms with E-state index < -0.39 is 0 Å². The Hall–Kier alpha value is -1.26. The summed E-state index contributed by atoms with van der Waals surface area (Å²) >= 11 is 12.2. The van der Waals surface area contributed by atoms with E-state index in [4.69, 9.17) is 28.9 Å². The number of carbonyl (C=O) groups is 1. The van der Waals surface area contributed by atoms with Gasteiger partial charge in [-0.1, -0.05) is 72.6 Å². The van der Waals surface area contributed by atoms with Crippen LogP contribution in [0.15, 0.2) is 48.5 Å². The van der Waals surface area contributed by atoms with Crippen molar-refractivity contribution in [1.29, 1.82) is 0 Å². The van der Waals surface area contributed by atoms with Gasteiger partial charge < -0.3 is 10.6 Å². The molecule has 1 amide bonds. The number of hydrogen-bond donors (Lipinski definition) is 1. The predicted octanol–water partition coefficient (Wildman–Crippen LogP) is 4.71. The molecular weight excluding hydrogens is 367 g/mol. The van der Waals surface area contributed by atoms with Gasteiger partial charge in [0.25, 0.3) is 0 Å². The van der Waals surface area contributed by atoms with Crippen LogP contribution in [0.3, 0.4) is 0 Å². The Balaban J connectivity index is 0.00000288. The van der Waals surface area contributed by atoms with E-state index in [-0.39, 0.29) is 30.3 Å². The molecule has 0 saturated heterocycles. The van der Waals surface area contributed by atoms with E-state index in [1.807, 2.05) is 49.4 Å². The summed E-state index contributed by atoms with van der Waals surface area (Å²) in [5, 5.41) is 0.966. The molecule has 2 atom stereocenters. The van der Waals surface area contributed by atoms with Crippen molar-refractivity contribution in [3.05, 3.63) is 69.7 Å². The lowest BCUT2D eigenvalue weighted by Crippen LogP contribution is -2.36. The summed E-state index contributed by atoms with van der Waals surface area (Å²) in [7, 11) is 1.74. The highest BCUT2D eigenvalue weighted by molar-refractivity contribution is 6.42. The van der Waals surface area contributed by atoms with E-state index in [1.165, 1.54) is 0 Å². The second kappa shape index (κ2) is 9.28. The third-order valence-corrected chi connectivity index (χ3v) is 4.79. The first kappa shape index (κ1) is 20.8. The van der Waals surface area contributed by atoms with Crippen molar-refractivity contribution < 1.29 is 4.79 Å². The summed E-state index contributed by atoms with van der Waals surface area (Å²) in [6.45, 7) is 2.24. The van der Waals surface area contributed by atoms with Gasteiger partial charge in [0.05, 0.1) is 16.0 Å². The van der Waals surface area contributed by atoms with Crippen molar-refractivity contribution in [2.24, 2.45) is 11.7 Å². The van der Waals surface area contributed by atoms with Gasteiger partial charge in [-0.3, -0.25) is 4.79 Å². The van der Waals surface area contributed by atoms with E-state index in [9.17, 15) is 4.79 Å². The average molecular weight is 388 g/mol. The van der Waals surface area contributed by atoms with Gasteiger partial charge in [-0.25, -0.2) is 0 Å². The number of nitrogens with two attached hydrogens (primary N) is 1. The predicted molar refractivity (Wildman–Crippen MR) is 103 cm³/mol. The Morgan fingerprint density at radius 2 is 1.75 bits per heavy atom. The number of benzene rings is 2. The molecule has 0 saturated carbocycles. The Morgan fingerprint density at radius 1 is 1.12 bits per heavy atom. The fraction of sp³-hybridized carbons (Fsp3) is 0.278. The van der Waals surface area contributed by atoms with Gasteiger partial charge in [0.1, 0.15) is 0 Å². The summed E-state index contributed by atoms with van der Waals surface area (Å²) in [6, 6.07) is 14.7. The number of rotatable bonds is 5. The summed E-state index contributed by atoms with van der Waals surface area (Å²) in [6.07, 6.45) is 0. The molecule has 2 rings (SSSR count). The Bertz CT molecular complexity index is 679. The molecule has 0 aliphatic rings. The molecule has 6 heteroatoms. The van der Waals surface area contributed by atoms with E-state index in [2.05, 4.69) is 0 Å². The highest BCUT2D eigenvalue weighted by Gasteiger charge is 2.25. The molecule has 3 nitrogen and oxygen atoms in total. The van der Waals surface area contributed by atoms with Crippen LogP contribution in [0.4, 0.5) is 0 Å². The maximum Gasteiger partial charge on any atom is 0.227 e. The molecule has 0 spiro atoms. The van der Waals surface area contributed by atoms with Crippen LogP contribution < -0.4 is 5.73 Å². The van der Waals surface area contributed by atoms with Crippen molar-refractivity contribution in [3.63, 3.8) is 0 Å². The molecule has 2 N–H and O–H groups in total. The van der Waals surface area contributed by atoms with Crippen LogP contribution in [0.1, 0.15) is 24.1 Å². The van der Waals surface area contributed by atoms with Gasteiger partial charge in [-0.2, -0.15) is 0 Å². The zero-order valence-corrected chi connectivity index (χ0v) is 15.9. The standard InChI is InChI=1S/C18H20Cl2N2O.ClH/c1-12(17(21)13-7-4-3-5-8-13)18(23)22(2)11-14-9-6-10-15(19)16(14)20;/h3-10,12,17H,11,21H2,1-2H3;1H. The van der Waals surface area contributed by atoms with Crippen molar-refractivity contribution in [1.82, 2.24) is 4.90 Å². The normalized spacial score (nSPS) is 12.9. The molecule has 0 aliphatic heterocycles. The molecule has 0 aromatic heterocycles. The minimum Gasteiger partial charge on any atom is -0.341 e.